The van der Waals surface area contributed by atoms with E-state index in [1.807, 2.05) is 18.2 Å². The van der Waals surface area contributed by atoms with Gasteiger partial charge >= 0.3 is 0 Å². The molecule has 0 fully saturated rings. The van der Waals surface area contributed by atoms with Gasteiger partial charge in [-0.25, -0.2) is 0 Å². The molecule has 0 spiro atoms. The van der Waals surface area contributed by atoms with Crippen LogP contribution in [0.15, 0.2) is 18.2 Å². The number of hydrogen-bond acceptors (Lipinski definition) is 3. The van der Waals surface area contributed by atoms with Gasteiger partial charge in [-0.2, -0.15) is 0 Å². The van der Waals surface area contributed by atoms with Crippen molar-refractivity contribution >= 4 is 0 Å². The standard InChI is InChI=1S/C12H19NO2/c1-8(2)11(13)9-6-5-7-10(14-3)12(9)15-4/h5-8,11H,13H2,1-4H3/t11-/m0/s1. The van der Waals surface area contributed by atoms with Gasteiger partial charge in [0.05, 0.1) is 14.2 Å². The van der Waals surface area contributed by atoms with E-state index in [1.54, 1.807) is 14.2 Å². The van der Waals surface area contributed by atoms with E-state index in [4.69, 9.17) is 15.2 Å². The average Bonchev–Trinajstić information content (AvgIpc) is 2.26. The Morgan fingerprint density at radius 2 is 1.80 bits per heavy atom. The Bertz CT molecular complexity index is 323. The third-order valence-corrected chi connectivity index (χ3v) is 2.51. The van der Waals surface area contributed by atoms with Crippen molar-refractivity contribution in [2.24, 2.45) is 11.7 Å². The Hall–Kier alpha value is -1.22. The second-order valence-electron chi connectivity index (χ2n) is 3.85. The first-order valence-corrected chi connectivity index (χ1v) is 5.08. The molecule has 0 unspecified atom stereocenters. The number of nitrogens with two attached hydrogens (primary N) is 1. The predicted octanol–water partition coefficient (Wildman–Crippen LogP) is 2.36. The first-order chi connectivity index (χ1) is 7.11. The lowest BCUT2D eigenvalue weighted by molar-refractivity contribution is 0.345. The highest BCUT2D eigenvalue weighted by Crippen LogP contribution is 2.35. The van der Waals surface area contributed by atoms with E-state index in [0.29, 0.717) is 5.92 Å². The van der Waals surface area contributed by atoms with E-state index in [-0.39, 0.29) is 6.04 Å². The van der Waals surface area contributed by atoms with Crippen LogP contribution in [0.2, 0.25) is 0 Å². The third-order valence-electron chi connectivity index (χ3n) is 2.51. The van der Waals surface area contributed by atoms with Gasteiger partial charge in [0.15, 0.2) is 11.5 Å². The minimum Gasteiger partial charge on any atom is -0.493 e. The maximum Gasteiger partial charge on any atom is 0.165 e. The van der Waals surface area contributed by atoms with Crippen molar-refractivity contribution in [1.29, 1.82) is 0 Å². The molecule has 2 N–H and O–H groups in total. The van der Waals surface area contributed by atoms with Gasteiger partial charge in [0.2, 0.25) is 0 Å². The van der Waals surface area contributed by atoms with E-state index in [2.05, 4.69) is 13.8 Å². The number of rotatable bonds is 4. The normalized spacial score (nSPS) is 12.7. The molecule has 1 atom stereocenters. The summed E-state index contributed by atoms with van der Waals surface area (Å²) in [6.07, 6.45) is 0. The lowest BCUT2D eigenvalue weighted by Crippen LogP contribution is -2.17. The van der Waals surface area contributed by atoms with Crippen molar-refractivity contribution in [2.75, 3.05) is 14.2 Å². The van der Waals surface area contributed by atoms with Crippen molar-refractivity contribution in [2.45, 2.75) is 19.9 Å². The average molecular weight is 209 g/mol. The minimum atomic E-state index is -0.0324. The van der Waals surface area contributed by atoms with Crippen LogP contribution in [-0.2, 0) is 0 Å². The molecule has 0 amide bonds. The zero-order valence-electron chi connectivity index (χ0n) is 9.78. The topological polar surface area (TPSA) is 44.5 Å². The summed E-state index contributed by atoms with van der Waals surface area (Å²) in [5.74, 6) is 1.83. The van der Waals surface area contributed by atoms with E-state index in [0.717, 1.165) is 17.1 Å². The molecule has 0 saturated carbocycles. The summed E-state index contributed by atoms with van der Waals surface area (Å²) in [6, 6.07) is 5.75. The first-order valence-electron chi connectivity index (χ1n) is 5.08. The van der Waals surface area contributed by atoms with Crippen molar-refractivity contribution < 1.29 is 9.47 Å². The molecule has 15 heavy (non-hydrogen) atoms. The predicted molar refractivity (Wildman–Crippen MR) is 61.3 cm³/mol. The van der Waals surface area contributed by atoms with Gasteiger partial charge in [0.25, 0.3) is 0 Å². The summed E-state index contributed by atoms with van der Waals surface area (Å²) in [5, 5.41) is 0. The highest BCUT2D eigenvalue weighted by atomic mass is 16.5. The van der Waals surface area contributed by atoms with Gasteiger partial charge in [0, 0.05) is 11.6 Å². The molecule has 0 heterocycles. The maximum absolute atomic E-state index is 6.10. The molecule has 0 aliphatic heterocycles. The number of benzene rings is 1. The van der Waals surface area contributed by atoms with Gasteiger partial charge in [-0.1, -0.05) is 26.0 Å². The molecule has 3 heteroatoms. The van der Waals surface area contributed by atoms with Gasteiger partial charge in [0.1, 0.15) is 0 Å². The van der Waals surface area contributed by atoms with Crippen LogP contribution in [0, 0.1) is 5.92 Å². The monoisotopic (exact) mass is 209 g/mol. The highest BCUT2D eigenvalue weighted by molar-refractivity contribution is 5.48. The van der Waals surface area contributed by atoms with Crippen molar-refractivity contribution in [3.8, 4) is 11.5 Å². The van der Waals surface area contributed by atoms with E-state index in [1.165, 1.54) is 0 Å². The number of methoxy groups -OCH3 is 2. The SMILES string of the molecule is COc1cccc([C@@H](N)C(C)C)c1OC. The fourth-order valence-electron chi connectivity index (χ4n) is 1.53. The fourth-order valence-corrected chi connectivity index (χ4v) is 1.53. The Morgan fingerprint density at radius 3 is 2.27 bits per heavy atom. The fraction of sp³-hybridized carbons (Fsp3) is 0.500. The summed E-state index contributed by atoms with van der Waals surface area (Å²) >= 11 is 0. The Kier molecular flexibility index (Phi) is 3.97. The van der Waals surface area contributed by atoms with E-state index >= 15 is 0 Å². The molecule has 0 bridgehead atoms. The second kappa shape index (κ2) is 5.03. The number of para-hydroxylation sites is 1. The van der Waals surface area contributed by atoms with Crippen LogP contribution in [0.4, 0.5) is 0 Å². The van der Waals surface area contributed by atoms with E-state index < -0.39 is 0 Å². The summed E-state index contributed by atoms with van der Waals surface area (Å²) in [5.41, 5.74) is 7.09. The van der Waals surface area contributed by atoms with Gasteiger partial charge in [-0.05, 0) is 12.0 Å². The van der Waals surface area contributed by atoms with Crippen molar-refractivity contribution in [3.63, 3.8) is 0 Å². The molecule has 0 saturated heterocycles. The molecular weight excluding hydrogens is 190 g/mol. The lowest BCUT2D eigenvalue weighted by Gasteiger charge is -2.20. The van der Waals surface area contributed by atoms with Crippen LogP contribution in [0.25, 0.3) is 0 Å². The summed E-state index contributed by atoms with van der Waals surface area (Å²) in [4.78, 5) is 0. The van der Waals surface area contributed by atoms with Crippen molar-refractivity contribution in [3.05, 3.63) is 23.8 Å². The highest BCUT2D eigenvalue weighted by Gasteiger charge is 2.17. The third kappa shape index (κ3) is 2.42. The smallest absolute Gasteiger partial charge is 0.165 e. The summed E-state index contributed by atoms with van der Waals surface area (Å²) in [7, 11) is 3.26. The molecule has 1 rings (SSSR count). The zero-order valence-corrected chi connectivity index (χ0v) is 9.78. The van der Waals surface area contributed by atoms with Crippen LogP contribution < -0.4 is 15.2 Å². The summed E-state index contributed by atoms with van der Waals surface area (Å²) in [6.45, 7) is 4.17. The van der Waals surface area contributed by atoms with Crippen LogP contribution >= 0.6 is 0 Å². The van der Waals surface area contributed by atoms with Crippen LogP contribution in [0.5, 0.6) is 11.5 Å². The van der Waals surface area contributed by atoms with Gasteiger partial charge < -0.3 is 15.2 Å². The molecule has 1 aromatic rings. The first kappa shape index (κ1) is 11.9. The molecule has 0 radical (unpaired) electrons. The second-order valence-corrected chi connectivity index (χ2v) is 3.85. The Morgan fingerprint density at radius 1 is 1.13 bits per heavy atom. The van der Waals surface area contributed by atoms with E-state index in [9.17, 15) is 0 Å². The summed E-state index contributed by atoms with van der Waals surface area (Å²) < 4.78 is 10.6. The quantitative estimate of drug-likeness (QED) is 0.828. The minimum absolute atomic E-state index is 0.0324. The number of hydrogen-bond donors (Lipinski definition) is 1. The van der Waals surface area contributed by atoms with Gasteiger partial charge in [-0.3, -0.25) is 0 Å². The molecule has 0 aliphatic carbocycles. The molecule has 3 nitrogen and oxygen atoms in total. The zero-order chi connectivity index (χ0) is 11.4. The largest absolute Gasteiger partial charge is 0.493 e. The molecule has 1 aromatic carbocycles. The molecule has 0 aliphatic rings. The molecular formula is C12H19NO2. The molecule has 0 aromatic heterocycles. The number of ether oxygens (including phenoxy) is 2. The Balaban J connectivity index is 3.16. The van der Waals surface area contributed by atoms with Gasteiger partial charge in [-0.15, -0.1) is 0 Å². The van der Waals surface area contributed by atoms with Crippen molar-refractivity contribution in [1.82, 2.24) is 0 Å². The Labute approximate surface area is 91.2 Å². The lowest BCUT2D eigenvalue weighted by atomic mass is 9.96. The molecule has 84 valence electrons. The maximum atomic E-state index is 6.10. The van der Waals surface area contributed by atoms with Crippen LogP contribution in [0.3, 0.4) is 0 Å². The van der Waals surface area contributed by atoms with Crippen LogP contribution in [0.1, 0.15) is 25.5 Å². The van der Waals surface area contributed by atoms with Crippen LogP contribution in [-0.4, -0.2) is 14.2 Å².